The van der Waals surface area contributed by atoms with Gasteiger partial charge in [-0.1, -0.05) is 20.8 Å². The highest BCUT2D eigenvalue weighted by atomic mass is 16.2. The number of aryl methyl sites for hydroxylation is 1. The molecule has 3 aromatic heterocycles. The molecule has 1 fully saturated rings. The van der Waals surface area contributed by atoms with Crippen LogP contribution in [0.4, 0.5) is 11.5 Å². The first-order valence-electron chi connectivity index (χ1n) is 8.62. The third-order valence-corrected chi connectivity index (χ3v) is 4.46. The Hall–Kier alpha value is -2.97. The molecule has 9 heteroatoms. The Morgan fingerprint density at radius 2 is 2.04 bits per heavy atom. The van der Waals surface area contributed by atoms with Crippen LogP contribution in [0.2, 0.25) is 0 Å². The van der Waals surface area contributed by atoms with Crippen molar-refractivity contribution in [2.75, 3.05) is 16.8 Å². The van der Waals surface area contributed by atoms with Gasteiger partial charge in [0.05, 0.1) is 11.9 Å². The van der Waals surface area contributed by atoms with E-state index in [1.165, 1.54) is 0 Å². The van der Waals surface area contributed by atoms with E-state index in [0.29, 0.717) is 24.4 Å². The standard InChI is InChI=1S/C17H22N8O/c1-17(2,3)16-21-20-14-6-5-13(22-25(14)16)19-12-7-8-24(15(12)26)11-9-18-23(4)10-11/h5-6,9-10,12H,7-8H2,1-4H3,(H,19,22). The number of nitrogens with zero attached hydrogens (tertiary/aromatic N) is 7. The number of fused-ring (bicyclic) bond motifs is 1. The first-order valence-corrected chi connectivity index (χ1v) is 8.62. The molecule has 0 radical (unpaired) electrons. The van der Waals surface area contributed by atoms with E-state index in [-0.39, 0.29) is 17.4 Å². The second-order valence-electron chi connectivity index (χ2n) is 7.61. The number of carbonyl (C=O) groups is 1. The summed E-state index contributed by atoms with van der Waals surface area (Å²) in [6, 6.07) is 3.38. The highest BCUT2D eigenvalue weighted by Crippen LogP contribution is 2.24. The van der Waals surface area contributed by atoms with Gasteiger partial charge in [-0.3, -0.25) is 9.48 Å². The molecule has 136 valence electrons. The van der Waals surface area contributed by atoms with Crippen LogP contribution in [-0.2, 0) is 17.3 Å². The van der Waals surface area contributed by atoms with Gasteiger partial charge in [-0.05, 0) is 18.6 Å². The average molecular weight is 354 g/mol. The van der Waals surface area contributed by atoms with Gasteiger partial charge in [0.1, 0.15) is 11.9 Å². The lowest BCUT2D eigenvalue weighted by atomic mass is 9.96. The van der Waals surface area contributed by atoms with Crippen molar-refractivity contribution < 1.29 is 4.79 Å². The molecule has 26 heavy (non-hydrogen) atoms. The molecule has 0 spiro atoms. The smallest absolute Gasteiger partial charge is 0.249 e. The molecule has 4 heterocycles. The minimum atomic E-state index is -0.310. The molecule has 1 saturated heterocycles. The van der Waals surface area contributed by atoms with Crippen LogP contribution in [0.3, 0.4) is 0 Å². The number of nitrogens with one attached hydrogen (secondary N) is 1. The molecule has 1 amide bonds. The SMILES string of the molecule is Cn1cc(N2CCC(Nc3ccc4nnc(C(C)(C)C)n4n3)C2=O)cn1. The van der Waals surface area contributed by atoms with Gasteiger partial charge in [0.15, 0.2) is 11.5 Å². The summed E-state index contributed by atoms with van der Waals surface area (Å²) in [5.74, 6) is 1.44. The zero-order valence-electron chi connectivity index (χ0n) is 15.3. The van der Waals surface area contributed by atoms with Crippen molar-refractivity contribution in [2.45, 2.75) is 38.6 Å². The van der Waals surface area contributed by atoms with Crippen LogP contribution >= 0.6 is 0 Å². The van der Waals surface area contributed by atoms with Gasteiger partial charge < -0.3 is 10.2 Å². The first kappa shape index (κ1) is 16.5. The lowest BCUT2D eigenvalue weighted by molar-refractivity contribution is -0.117. The van der Waals surface area contributed by atoms with Gasteiger partial charge >= 0.3 is 0 Å². The maximum absolute atomic E-state index is 12.7. The van der Waals surface area contributed by atoms with Crippen molar-refractivity contribution in [1.82, 2.24) is 29.6 Å². The maximum atomic E-state index is 12.7. The molecule has 1 atom stereocenters. The molecule has 0 bridgehead atoms. The topological polar surface area (TPSA) is 93.2 Å². The van der Waals surface area contributed by atoms with Crippen LogP contribution < -0.4 is 10.2 Å². The van der Waals surface area contributed by atoms with Crippen LogP contribution in [0.15, 0.2) is 24.5 Å². The van der Waals surface area contributed by atoms with Crippen LogP contribution in [0.25, 0.3) is 5.65 Å². The minimum absolute atomic E-state index is 0.0275. The highest BCUT2D eigenvalue weighted by molar-refractivity contribution is 6.00. The Bertz CT molecular complexity index is 967. The van der Waals surface area contributed by atoms with Gasteiger partial charge in [-0.25, -0.2) is 0 Å². The van der Waals surface area contributed by atoms with Gasteiger partial charge in [0.25, 0.3) is 0 Å². The largest absolute Gasteiger partial charge is 0.357 e. The summed E-state index contributed by atoms with van der Waals surface area (Å²) in [7, 11) is 1.84. The highest BCUT2D eigenvalue weighted by Gasteiger charge is 2.33. The lowest BCUT2D eigenvalue weighted by Gasteiger charge is -2.17. The van der Waals surface area contributed by atoms with E-state index >= 15 is 0 Å². The summed E-state index contributed by atoms with van der Waals surface area (Å²) in [5.41, 5.74) is 1.33. The maximum Gasteiger partial charge on any atom is 0.249 e. The van der Waals surface area contributed by atoms with Crippen molar-refractivity contribution in [3.8, 4) is 0 Å². The molecule has 1 unspecified atom stereocenters. The number of aromatic nitrogens is 6. The quantitative estimate of drug-likeness (QED) is 0.764. The number of hydrogen-bond acceptors (Lipinski definition) is 6. The van der Waals surface area contributed by atoms with Crippen LogP contribution in [0.5, 0.6) is 0 Å². The molecule has 3 aromatic rings. The summed E-state index contributed by atoms with van der Waals surface area (Å²) in [4.78, 5) is 14.5. The summed E-state index contributed by atoms with van der Waals surface area (Å²) in [6.07, 6.45) is 4.26. The van der Waals surface area contributed by atoms with E-state index < -0.39 is 0 Å². The van der Waals surface area contributed by atoms with Gasteiger partial charge in [-0.15, -0.1) is 15.3 Å². The van der Waals surface area contributed by atoms with Crippen LogP contribution in [0, 0.1) is 0 Å². The van der Waals surface area contributed by atoms with E-state index in [0.717, 1.165) is 11.5 Å². The molecule has 0 aliphatic carbocycles. The normalized spacial score (nSPS) is 18.1. The van der Waals surface area contributed by atoms with E-state index in [1.807, 2.05) is 25.4 Å². The van der Waals surface area contributed by atoms with Gasteiger partial charge in [0.2, 0.25) is 5.91 Å². The summed E-state index contributed by atoms with van der Waals surface area (Å²) < 4.78 is 3.43. The summed E-state index contributed by atoms with van der Waals surface area (Å²) >= 11 is 0. The molecule has 1 N–H and O–H groups in total. The zero-order chi connectivity index (χ0) is 18.5. The van der Waals surface area contributed by atoms with E-state index in [1.54, 1.807) is 20.3 Å². The fraction of sp³-hybridized carbons (Fsp3) is 0.471. The Kier molecular flexibility index (Phi) is 3.67. The zero-order valence-corrected chi connectivity index (χ0v) is 15.3. The fourth-order valence-electron chi connectivity index (χ4n) is 3.13. The number of amides is 1. The molecule has 9 nitrogen and oxygen atoms in total. The summed E-state index contributed by atoms with van der Waals surface area (Å²) in [5, 5.41) is 20.4. The first-order chi connectivity index (χ1) is 12.3. The van der Waals surface area contributed by atoms with E-state index in [2.05, 4.69) is 46.5 Å². The van der Waals surface area contributed by atoms with Crippen LogP contribution in [-0.4, -0.2) is 48.1 Å². The Morgan fingerprint density at radius 1 is 1.23 bits per heavy atom. The Balaban J connectivity index is 1.57. The third kappa shape index (κ3) is 2.79. The van der Waals surface area contributed by atoms with E-state index in [9.17, 15) is 4.79 Å². The average Bonchev–Trinajstić information content (AvgIpc) is 3.26. The Morgan fingerprint density at radius 3 is 2.73 bits per heavy atom. The minimum Gasteiger partial charge on any atom is -0.357 e. The summed E-state index contributed by atoms with van der Waals surface area (Å²) in [6.45, 7) is 6.86. The molecule has 1 aliphatic rings. The molecular weight excluding hydrogens is 332 g/mol. The second kappa shape index (κ2) is 5.79. The van der Waals surface area contributed by atoms with E-state index in [4.69, 9.17) is 0 Å². The molecular formula is C17H22N8O. The number of hydrogen-bond donors (Lipinski definition) is 1. The van der Waals surface area contributed by atoms with Crippen LogP contribution in [0.1, 0.15) is 33.0 Å². The molecule has 0 saturated carbocycles. The van der Waals surface area contributed by atoms with Crippen molar-refractivity contribution in [3.63, 3.8) is 0 Å². The number of anilines is 2. The number of carbonyl (C=O) groups excluding carboxylic acids is 1. The van der Waals surface area contributed by atoms with Crippen molar-refractivity contribution in [3.05, 3.63) is 30.4 Å². The second-order valence-corrected chi connectivity index (χ2v) is 7.61. The monoisotopic (exact) mass is 354 g/mol. The van der Waals surface area contributed by atoms with Gasteiger partial charge in [0, 0.05) is 25.2 Å². The molecule has 4 rings (SSSR count). The number of rotatable bonds is 3. The Labute approximate surface area is 151 Å². The van der Waals surface area contributed by atoms with Crippen molar-refractivity contribution in [1.29, 1.82) is 0 Å². The predicted octanol–water partition coefficient (Wildman–Crippen LogP) is 1.37. The third-order valence-electron chi connectivity index (χ3n) is 4.46. The molecule has 0 aromatic carbocycles. The lowest BCUT2D eigenvalue weighted by Crippen LogP contribution is -2.33. The van der Waals surface area contributed by atoms with Crippen molar-refractivity contribution in [2.24, 2.45) is 7.05 Å². The predicted molar refractivity (Wildman–Crippen MR) is 97.1 cm³/mol. The van der Waals surface area contributed by atoms with Crippen molar-refractivity contribution >= 4 is 23.1 Å². The van der Waals surface area contributed by atoms with Gasteiger partial charge in [-0.2, -0.15) is 9.61 Å². The molecule has 1 aliphatic heterocycles. The fourth-order valence-corrected chi connectivity index (χ4v) is 3.13.